The van der Waals surface area contributed by atoms with Gasteiger partial charge in [-0.05, 0) is 51.3 Å². The number of nitrogens with zero attached hydrogens (tertiary/aromatic N) is 1. The topological polar surface area (TPSA) is 29.5 Å². The average molecular weight is 352 g/mol. The van der Waals surface area contributed by atoms with Crippen LogP contribution < -0.4 is 0 Å². The molecule has 21 heavy (non-hydrogen) atoms. The summed E-state index contributed by atoms with van der Waals surface area (Å²) in [6, 6.07) is 8.65. The van der Waals surface area contributed by atoms with Gasteiger partial charge in [0.15, 0.2) is 0 Å². The average Bonchev–Trinajstić information content (AvgIpc) is 3.06. The van der Waals surface area contributed by atoms with Crippen molar-refractivity contribution in [1.82, 2.24) is 4.90 Å². The Hall–Kier alpha value is -1.03. The van der Waals surface area contributed by atoms with Crippen molar-refractivity contribution in [3.05, 3.63) is 34.3 Å². The minimum absolute atomic E-state index is 0.176. The Balaban J connectivity index is 1.61. The third kappa shape index (κ3) is 2.96. The number of hydrogen-bond acceptors (Lipinski definition) is 2. The lowest BCUT2D eigenvalue weighted by Crippen LogP contribution is -2.55. The molecule has 3 rings (SSSR count). The summed E-state index contributed by atoms with van der Waals surface area (Å²) < 4.78 is 6.54. The van der Waals surface area contributed by atoms with Gasteiger partial charge in [-0.25, -0.2) is 4.79 Å². The van der Waals surface area contributed by atoms with E-state index in [0.717, 1.165) is 17.6 Å². The maximum Gasteiger partial charge on any atom is 0.410 e. The van der Waals surface area contributed by atoms with E-state index in [1.165, 1.54) is 18.4 Å². The van der Waals surface area contributed by atoms with Crippen LogP contribution in [0.25, 0.3) is 0 Å². The Morgan fingerprint density at radius 1 is 1.24 bits per heavy atom. The van der Waals surface area contributed by atoms with Crippen molar-refractivity contribution in [3.63, 3.8) is 0 Å². The molecule has 1 aromatic carbocycles. The van der Waals surface area contributed by atoms with E-state index in [4.69, 9.17) is 4.74 Å². The monoisotopic (exact) mass is 351 g/mol. The molecule has 0 unspecified atom stereocenters. The molecule has 1 aromatic rings. The van der Waals surface area contributed by atoms with Gasteiger partial charge in [-0.1, -0.05) is 28.1 Å². The van der Waals surface area contributed by atoms with Crippen LogP contribution in [0.2, 0.25) is 0 Å². The highest BCUT2D eigenvalue weighted by Gasteiger charge is 2.55. The van der Waals surface area contributed by atoms with E-state index < -0.39 is 5.60 Å². The first kappa shape index (κ1) is 14.9. The van der Waals surface area contributed by atoms with Crippen LogP contribution in [0.3, 0.4) is 0 Å². The SMILES string of the molecule is CC(C)(C)OC(=O)N1CC(C2(c3ccc(Br)cc3)CC2)C1. The minimum atomic E-state index is -0.412. The number of carbonyl (C=O) groups excluding carboxylic acids is 1. The number of ether oxygens (including phenoxy) is 1. The highest BCUT2D eigenvalue weighted by Crippen LogP contribution is 2.56. The molecule has 1 saturated heterocycles. The van der Waals surface area contributed by atoms with E-state index in [2.05, 4.69) is 40.2 Å². The van der Waals surface area contributed by atoms with Crippen molar-refractivity contribution in [3.8, 4) is 0 Å². The molecule has 1 amide bonds. The van der Waals surface area contributed by atoms with Crippen molar-refractivity contribution in [2.24, 2.45) is 5.92 Å². The van der Waals surface area contributed by atoms with E-state index in [9.17, 15) is 4.79 Å². The lowest BCUT2D eigenvalue weighted by molar-refractivity contribution is -0.00701. The van der Waals surface area contributed by atoms with Gasteiger partial charge >= 0.3 is 6.09 Å². The molecule has 3 nitrogen and oxygen atoms in total. The van der Waals surface area contributed by atoms with Gasteiger partial charge < -0.3 is 9.64 Å². The van der Waals surface area contributed by atoms with Gasteiger partial charge in [0.1, 0.15) is 5.60 Å². The van der Waals surface area contributed by atoms with Crippen LogP contribution in [-0.4, -0.2) is 29.7 Å². The van der Waals surface area contributed by atoms with Crippen LogP contribution >= 0.6 is 15.9 Å². The normalized spacial score (nSPS) is 20.9. The van der Waals surface area contributed by atoms with Gasteiger partial charge in [0.05, 0.1) is 0 Å². The first-order chi connectivity index (χ1) is 9.80. The van der Waals surface area contributed by atoms with Crippen LogP contribution in [0.4, 0.5) is 4.79 Å². The summed E-state index contributed by atoms with van der Waals surface area (Å²) in [6.07, 6.45) is 2.30. The first-order valence-corrected chi connectivity index (χ1v) is 8.33. The molecule has 4 heteroatoms. The zero-order valence-corrected chi connectivity index (χ0v) is 14.4. The Morgan fingerprint density at radius 2 is 1.81 bits per heavy atom. The van der Waals surface area contributed by atoms with E-state index >= 15 is 0 Å². The third-order valence-corrected chi connectivity index (χ3v) is 5.05. The molecule has 0 radical (unpaired) electrons. The fourth-order valence-electron chi connectivity index (χ4n) is 3.15. The zero-order chi connectivity index (χ0) is 15.3. The third-order valence-electron chi connectivity index (χ3n) is 4.52. The fourth-order valence-corrected chi connectivity index (χ4v) is 3.42. The quantitative estimate of drug-likeness (QED) is 0.792. The molecule has 2 fully saturated rings. The van der Waals surface area contributed by atoms with E-state index in [-0.39, 0.29) is 6.09 Å². The molecule has 0 N–H and O–H groups in total. The number of carbonyl (C=O) groups is 1. The maximum absolute atomic E-state index is 12.0. The molecule has 0 spiro atoms. The number of halogens is 1. The molecule has 1 aliphatic heterocycles. The van der Waals surface area contributed by atoms with Crippen molar-refractivity contribution in [2.75, 3.05) is 13.1 Å². The van der Waals surface area contributed by atoms with E-state index in [1.54, 1.807) is 0 Å². The minimum Gasteiger partial charge on any atom is -0.444 e. The summed E-state index contributed by atoms with van der Waals surface area (Å²) in [5, 5.41) is 0. The van der Waals surface area contributed by atoms with Crippen LogP contribution in [-0.2, 0) is 10.2 Å². The maximum atomic E-state index is 12.0. The number of likely N-dealkylation sites (tertiary alicyclic amines) is 1. The van der Waals surface area contributed by atoms with Gasteiger partial charge in [0, 0.05) is 28.9 Å². The number of hydrogen-bond donors (Lipinski definition) is 0. The highest BCUT2D eigenvalue weighted by atomic mass is 79.9. The van der Waals surface area contributed by atoms with Gasteiger partial charge in [-0.3, -0.25) is 0 Å². The lowest BCUT2D eigenvalue weighted by atomic mass is 9.78. The number of amides is 1. The molecule has 0 atom stereocenters. The lowest BCUT2D eigenvalue weighted by Gasteiger charge is -2.44. The molecule has 114 valence electrons. The summed E-state index contributed by atoms with van der Waals surface area (Å²) in [7, 11) is 0. The summed E-state index contributed by atoms with van der Waals surface area (Å²) in [5.41, 5.74) is 1.31. The van der Waals surface area contributed by atoms with Crippen molar-refractivity contribution < 1.29 is 9.53 Å². The van der Waals surface area contributed by atoms with Crippen LogP contribution in [0.5, 0.6) is 0 Å². The summed E-state index contributed by atoms with van der Waals surface area (Å²) >= 11 is 3.49. The van der Waals surface area contributed by atoms with Crippen LogP contribution in [0.1, 0.15) is 39.2 Å². The predicted molar refractivity (Wildman–Crippen MR) is 86.4 cm³/mol. The Kier molecular flexibility index (Phi) is 3.55. The molecular formula is C17H22BrNO2. The number of rotatable bonds is 2. The van der Waals surface area contributed by atoms with Gasteiger partial charge in [-0.2, -0.15) is 0 Å². The zero-order valence-electron chi connectivity index (χ0n) is 12.9. The standard InChI is InChI=1S/C17H22BrNO2/c1-16(2,3)21-15(20)19-10-13(11-19)17(8-9-17)12-4-6-14(18)7-5-12/h4-7,13H,8-11H2,1-3H3. The van der Waals surface area contributed by atoms with E-state index in [0.29, 0.717) is 11.3 Å². The summed E-state index contributed by atoms with van der Waals surface area (Å²) in [6.45, 7) is 7.38. The second-order valence-corrected chi connectivity index (χ2v) is 8.16. The van der Waals surface area contributed by atoms with Crippen molar-refractivity contribution in [1.29, 1.82) is 0 Å². The summed E-state index contributed by atoms with van der Waals surface area (Å²) in [5.74, 6) is 0.575. The molecule has 0 aromatic heterocycles. The van der Waals surface area contributed by atoms with Crippen LogP contribution in [0, 0.1) is 5.92 Å². The fraction of sp³-hybridized carbons (Fsp3) is 0.588. The largest absolute Gasteiger partial charge is 0.444 e. The summed E-state index contributed by atoms with van der Waals surface area (Å²) in [4.78, 5) is 13.8. The molecule has 1 heterocycles. The predicted octanol–water partition coefficient (Wildman–Crippen LogP) is 4.35. The number of benzene rings is 1. The van der Waals surface area contributed by atoms with Gasteiger partial charge in [-0.15, -0.1) is 0 Å². The Morgan fingerprint density at radius 3 is 2.29 bits per heavy atom. The molecule has 2 aliphatic rings. The molecule has 1 aliphatic carbocycles. The molecule has 0 bridgehead atoms. The molecule has 1 saturated carbocycles. The second-order valence-electron chi connectivity index (χ2n) is 7.25. The van der Waals surface area contributed by atoms with Crippen LogP contribution in [0.15, 0.2) is 28.7 Å². The Labute approximate surface area is 134 Å². The molecular weight excluding hydrogens is 330 g/mol. The van der Waals surface area contributed by atoms with Gasteiger partial charge in [0.25, 0.3) is 0 Å². The smallest absolute Gasteiger partial charge is 0.410 e. The van der Waals surface area contributed by atoms with E-state index in [1.807, 2.05) is 25.7 Å². The highest BCUT2D eigenvalue weighted by molar-refractivity contribution is 9.10. The Bertz CT molecular complexity index is 537. The van der Waals surface area contributed by atoms with Crippen molar-refractivity contribution in [2.45, 2.75) is 44.6 Å². The van der Waals surface area contributed by atoms with Gasteiger partial charge in [0.2, 0.25) is 0 Å². The van der Waals surface area contributed by atoms with Crippen molar-refractivity contribution >= 4 is 22.0 Å². The first-order valence-electron chi connectivity index (χ1n) is 7.54. The second kappa shape index (κ2) is 5.01.